The molecule has 0 unspecified atom stereocenters. The normalized spacial score (nSPS) is 10.4. The lowest BCUT2D eigenvalue weighted by Crippen LogP contribution is -2.13. The van der Waals surface area contributed by atoms with Gasteiger partial charge in [0.05, 0.1) is 11.2 Å². The summed E-state index contributed by atoms with van der Waals surface area (Å²) in [5, 5.41) is 12.6. The van der Waals surface area contributed by atoms with Gasteiger partial charge in [0, 0.05) is 10.6 Å². The number of nitrogens with zero attached hydrogens (tertiary/aromatic N) is 1. The number of carboxylic acid groups (broad SMARTS) is 1. The molecule has 1 aromatic carbocycles. The van der Waals surface area contributed by atoms with E-state index < -0.39 is 6.09 Å². The number of carbonyl (C=O) groups is 1. The largest absolute Gasteiger partial charge is 0.464 e. The molecular formula is C8H6Cl2N2O2. The van der Waals surface area contributed by atoms with Crippen LogP contribution in [-0.4, -0.2) is 17.4 Å². The first-order chi connectivity index (χ1) is 6.59. The number of nitrogens with one attached hydrogen (secondary N) is 1. The minimum Gasteiger partial charge on any atom is -0.464 e. The summed E-state index contributed by atoms with van der Waals surface area (Å²) >= 11 is 11.5. The molecule has 0 saturated carbocycles. The van der Waals surface area contributed by atoms with Crippen LogP contribution in [0.15, 0.2) is 23.3 Å². The lowest BCUT2D eigenvalue weighted by atomic mass is 10.2. The van der Waals surface area contributed by atoms with Crippen LogP contribution in [-0.2, 0) is 0 Å². The Kier molecular flexibility index (Phi) is 3.73. The van der Waals surface area contributed by atoms with Crippen molar-refractivity contribution in [1.29, 1.82) is 0 Å². The van der Waals surface area contributed by atoms with Crippen LogP contribution in [0.5, 0.6) is 0 Å². The Morgan fingerprint density at radius 1 is 1.50 bits per heavy atom. The molecule has 2 N–H and O–H groups in total. The highest BCUT2D eigenvalue weighted by molar-refractivity contribution is 6.36. The molecule has 0 aliphatic heterocycles. The van der Waals surface area contributed by atoms with E-state index in [-0.39, 0.29) is 0 Å². The van der Waals surface area contributed by atoms with Gasteiger partial charge in [-0.05, 0) is 12.1 Å². The molecule has 74 valence electrons. The summed E-state index contributed by atoms with van der Waals surface area (Å²) in [5.41, 5.74) is 2.42. The van der Waals surface area contributed by atoms with E-state index >= 15 is 0 Å². The molecule has 6 heteroatoms. The van der Waals surface area contributed by atoms with Crippen LogP contribution in [0.25, 0.3) is 0 Å². The van der Waals surface area contributed by atoms with Crippen LogP contribution in [0.2, 0.25) is 10.0 Å². The number of benzene rings is 1. The highest BCUT2D eigenvalue weighted by Gasteiger charge is 1.97. The van der Waals surface area contributed by atoms with E-state index in [1.54, 1.807) is 18.2 Å². The molecule has 0 bridgehead atoms. The summed E-state index contributed by atoms with van der Waals surface area (Å²) in [7, 11) is 0. The lowest BCUT2D eigenvalue weighted by Gasteiger charge is -1.97. The maximum absolute atomic E-state index is 10.0. The maximum atomic E-state index is 10.0. The van der Waals surface area contributed by atoms with E-state index in [2.05, 4.69) is 5.10 Å². The minimum atomic E-state index is -1.23. The Morgan fingerprint density at radius 3 is 2.79 bits per heavy atom. The first-order valence-electron chi connectivity index (χ1n) is 3.56. The lowest BCUT2D eigenvalue weighted by molar-refractivity contribution is 0.195. The van der Waals surface area contributed by atoms with Crippen molar-refractivity contribution >= 4 is 35.5 Å². The van der Waals surface area contributed by atoms with Crippen molar-refractivity contribution < 1.29 is 9.90 Å². The third kappa shape index (κ3) is 3.24. The van der Waals surface area contributed by atoms with Crippen molar-refractivity contribution in [3.63, 3.8) is 0 Å². The van der Waals surface area contributed by atoms with Crippen LogP contribution in [0.1, 0.15) is 5.56 Å². The number of halogens is 2. The van der Waals surface area contributed by atoms with Crippen LogP contribution >= 0.6 is 23.2 Å². The van der Waals surface area contributed by atoms with E-state index in [0.29, 0.717) is 15.6 Å². The summed E-state index contributed by atoms with van der Waals surface area (Å²) in [6, 6.07) is 4.82. The van der Waals surface area contributed by atoms with E-state index in [9.17, 15) is 4.79 Å². The number of hydrazone groups is 1. The van der Waals surface area contributed by atoms with Gasteiger partial charge < -0.3 is 5.11 Å². The van der Waals surface area contributed by atoms with Crippen molar-refractivity contribution in [2.45, 2.75) is 0 Å². The molecule has 0 saturated heterocycles. The molecule has 1 aromatic rings. The Hall–Kier alpha value is -1.26. The van der Waals surface area contributed by atoms with Gasteiger partial charge in [-0.1, -0.05) is 29.3 Å². The molecule has 0 radical (unpaired) electrons. The summed E-state index contributed by atoms with van der Waals surface area (Å²) in [5.74, 6) is 0. The Balaban J connectivity index is 2.76. The quantitative estimate of drug-likeness (QED) is 0.609. The Morgan fingerprint density at radius 2 is 2.21 bits per heavy atom. The van der Waals surface area contributed by atoms with Crippen LogP contribution < -0.4 is 5.43 Å². The minimum absolute atomic E-state index is 0.411. The summed E-state index contributed by atoms with van der Waals surface area (Å²) in [6.07, 6.45) is 0.0682. The monoisotopic (exact) mass is 232 g/mol. The standard InChI is InChI=1S/C8H6Cl2N2O2/c9-6-2-1-5(7(10)3-6)4-11-12-8(13)14/h1-4,12H,(H,13,14). The molecule has 4 nitrogen and oxygen atoms in total. The predicted molar refractivity (Wildman–Crippen MR) is 55.2 cm³/mol. The first-order valence-corrected chi connectivity index (χ1v) is 4.32. The molecule has 1 rings (SSSR count). The zero-order valence-electron chi connectivity index (χ0n) is 6.87. The predicted octanol–water partition coefficient (Wildman–Crippen LogP) is 2.59. The third-order valence-electron chi connectivity index (χ3n) is 1.33. The second-order valence-electron chi connectivity index (χ2n) is 2.34. The van der Waals surface area contributed by atoms with Gasteiger partial charge in [-0.25, -0.2) is 10.2 Å². The van der Waals surface area contributed by atoms with Gasteiger partial charge in [-0.3, -0.25) is 0 Å². The summed E-state index contributed by atoms with van der Waals surface area (Å²) in [4.78, 5) is 10.0. The summed E-state index contributed by atoms with van der Waals surface area (Å²) < 4.78 is 0. The highest BCUT2D eigenvalue weighted by Crippen LogP contribution is 2.19. The van der Waals surface area contributed by atoms with Gasteiger partial charge in [0.2, 0.25) is 0 Å². The molecule has 14 heavy (non-hydrogen) atoms. The smallest absolute Gasteiger partial charge is 0.425 e. The van der Waals surface area contributed by atoms with Gasteiger partial charge in [0.25, 0.3) is 0 Å². The Labute approximate surface area is 90.1 Å². The van der Waals surface area contributed by atoms with Gasteiger partial charge in [-0.15, -0.1) is 0 Å². The maximum Gasteiger partial charge on any atom is 0.425 e. The molecule has 0 aliphatic carbocycles. The molecule has 0 heterocycles. The van der Waals surface area contributed by atoms with E-state index in [1.165, 1.54) is 6.21 Å². The first kappa shape index (κ1) is 10.8. The second kappa shape index (κ2) is 4.83. The van der Waals surface area contributed by atoms with Crippen molar-refractivity contribution in [1.82, 2.24) is 5.43 Å². The fourth-order valence-electron chi connectivity index (χ4n) is 0.763. The molecule has 0 spiro atoms. The van der Waals surface area contributed by atoms with E-state index in [1.807, 2.05) is 5.43 Å². The number of rotatable bonds is 2. The fourth-order valence-corrected chi connectivity index (χ4v) is 1.22. The third-order valence-corrected chi connectivity index (χ3v) is 1.89. The Bertz CT molecular complexity index is 380. The SMILES string of the molecule is O=C(O)NN=Cc1ccc(Cl)cc1Cl. The van der Waals surface area contributed by atoms with Crippen LogP contribution in [0, 0.1) is 0 Å². The number of amides is 1. The van der Waals surface area contributed by atoms with Crippen LogP contribution in [0.3, 0.4) is 0 Å². The van der Waals surface area contributed by atoms with Crippen molar-refractivity contribution in [2.24, 2.45) is 5.10 Å². The van der Waals surface area contributed by atoms with Crippen molar-refractivity contribution in [3.8, 4) is 0 Å². The molecule has 1 amide bonds. The zero-order chi connectivity index (χ0) is 10.6. The molecule has 0 aliphatic rings. The number of hydrogen-bond donors (Lipinski definition) is 2. The van der Waals surface area contributed by atoms with Gasteiger partial charge >= 0.3 is 6.09 Å². The topological polar surface area (TPSA) is 61.7 Å². The number of hydrogen-bond acceptors (Lipinski definition) is 2. The van der Waals surface area contributed by atoms with Crippen molar-refractivity contribution in [2.75, 3.05) is 0 Å². The fraction of sp³-hybridized carbons (Fsp3) is 0. The molecule has 0 fully saturated rings. The van der Waals surface area contributed by atoms with Gasteiger partial charge in [0.1, 0.15) is 0 Å². The average Bonchev–Trinajstić information content (AvgIpc) is 2.08. The van der Waals surface area contributed by atoms with E-state index in [4.69, 9.17) is 28.3 Å². The zero-order valence-corrected chi connectivity index (χ0v) is 8.38. The van der Waals surface area contributed by atoms with Gasteiger partial charge in [0.15, 0.2) is 0 Å². The van der Waals surface area contributed by atoms with Crippen LogP contribution in [0.4, 0.5) is 4.79 Å². The highest BCUT2D eigenvalue weighted by atomic mass is 35.5. The second-order valence-corrected chi connectivity index (χ2v) is 3.18. The molecule has 0 aromatic heterocycles. The molecule has 0 atom stereocenters. The molecular weight excluding hydrogens is 227 g/mol. The summed E-state index contributed by atoms with van der Waals surface area (Å²) in [6.45, 7) is 0. The average molecular weight is 233 g/mol. The van der Waals surface area contributed by atoms with E-state index in [0.717, 1.165) is 0 Å². The van der Waals surface area contributed by atoms with Crippen molar-refractivity contribution in [3.05, 3.63) is 33.8 Å². The van der Waals surface area contributed by atoms with Gasteiger partial charge in [-0.2, -0.15) is 5.10 Å².